The van der Waals surface area contributed by atoms with Gasteiger partial charge in [0, 0.05) is 35.2 Å². The molecule has 0 radical (unpaired) electrons. The predicted octanol–water partition coefficient (Wildman–Crippen LogP) is 4.64. The SMILES string of the molecule is Cc1cnc(Cl)nc1-c1cn(COCCS(C)(C)C)c2c([N+](=O)[O-])cccc12. The molecule has 0 saturated carbocycles. The van der Waals surface area contributed by atoms with Gasteiger partial charge in [0.25, 0.3) is 5.69 Å². The number of halogens is 1. The number of nitro groups is 1. The Morgan fingerprint density at radius 1 is 1.32 bits per heavy atom. The number of hydrogen-bond acceptors (Lipinski definition) is 5. The number of fused-ring (bicyclic) bond motifs is 1. The number of hydrogen-bond donors (Lipinski definition) is 0. The standard InChI is InChI=1S/C19H23ClN4O3S/c1-13-10-21-19(20)22-17(13)15-11-23(12-27-8-9-28(2,3)4)18-14(15)6-5-7-16(18)24(25)26/h5-7,10-11H,8-9,12H2,1-4H3. The van der Waals surface area contributed by atoms with Gasteiger partial charge in [0.05, 0.1) is 17.2 Å². The molecule has 150 valence electrons. The number of nitrogens with zero attached hydrogens (tertiary/aromatic N) is 4. The Balaban J connectivity index is 2.07. The first-order chi connectivity index (χ1) is 13.2. The van der Waals surface area contributed by atoms with Crippen molar-refractivity contribution in [3.63, 3.8) is 0 Å². The molecule has 0 unspecified atom stereocenters. The van der Waals surface area contributed by atoms with Crippen LogP contribution < -0.4 is 0 Å². The van der Waals surface area contributed by atoms with Gasteiger partial charge in [-0.3, -0.25) is 10.1 Å². The van der Waals surface area contributed by atoms with Crippen LogP contribution in [-0.4, -0.2) is 50.6 Å². The molecule has 3 rings (SSSR count). The monoisotopic (exact) mass is 422 g/mol. The highest BCUT2D eigenvalue weighted by Crippen LogP contribution is 2.37. The van der Waals surface area contributed by atoms with Crippen LogP contribution in [0, 0.1) is 17.0 Å². The van der Waals surface area contributed by atoms with Gasteiger partial charge in [-0.15, -0.1) is 0 Å². The van der Waals surface area contributed by atoms with Crippen molar-refractivity contribution in [3.8, 4) is 11.3 Å². The summed E-state index contributed by atoms with van der Waals surface area (Å²) in [6.07, 6.45) is 10.2. The first kappa shape index (κ1) is 20.6. The maximum atomic E-state index is 11.6. The van der Waals surface area contributed by atoms with Gasteiger partial charge < -0.3 is 9.30 Å². The van der Waals surface area contributed by atoms with E-state index in [-0.39, 0.29) is 22.6 Å². The van der Waals surface area contributed by atoms with Crippen molar-refractivity contribution >= 4 is 38.2 Å². The number of para-hydroxylation sites is 1. The zero-order valence-corrected chi connectivity index (χ0v) is 17.9. The molecule has 0 amide bonds. The fourth-order valence-corrected chi connectivity index (χ4v) is 3.69. The van der Waals surface area contributed by atoms with Gasteiger partial charge in [0.2, 0.25) is 5.28 Å². The van der Waals surface area contributed by atoms with Gasteiger partial charge in [-0.2, -0.15) is 0 Å². The van der Waals surface area contributed by atoms with Gasteiger partial charge >= 0.3 is 0 Å². The summed E-state index contributed by atoms with van der Waals surface area (Å²) in [5.74, 6) is 0.974. The normalized spacial score (nSPS) is 12.5. The molecular formula is C19H23ClN4O3S. The molecule has 0 aliphatic heterocycles. The van der Waals surface area contributed by atoms with Gasteiger partial charge in [0.1, 0.15) is 12.2 Å². The summed E-state index contributed by atoms with van der Waals surface area (Å²) in [6, 6.07) is 5.03. The average molecular weight is 423 g/mol. The number of aromatic nitrogens is 3. The van der Waals surface area contributed by atoms with E-state index in [1.54, 1.807) is 16.8 Å². The zero-order valence-electron chi connectivity index (χ0n) is 16.3. The molecule has 9 heteroatoms. The molecular weight excluding hydrogens is 400 g/mol. The Labute approximate surface area is 170 Å². The highest BCUT2D eigenvalue weighted by Gasteiger charge is 2.21. The zero-order chi connectivity index (χ0) is 20.5. The molecule has 3 aromatic rings. The second-order valence-electron chi connectivity index (χ2n) is 7.45. The van der Waals surface area contributed by atoms with Crippen molar-refractivity contribution in [2.75, 3.05) is 31.1 Å². The van der Waals surface area contributed by atoms with Crippen LogP contribution in [0.5, 0.6) is 0 Å². The molecule has 0 aliphatic carbocycles. The first-order valence-corrected chi connectivity index (χ1v) is 12.1. The molecule has 0 aliphatic rings. The maximum absolute atomic E-state index is 11.6. The smallest absolute Gasteiger partial charge is 0.293 e. The van der Waals surface area contributed by atoms with Gasteiger partial charge in [-0.05, 0) is 42.9 Å². The van der Waals surface area contributed by atoms with Gasteiger partial charge in [-0.25, -0.2) is 20.0 Å². The fraction of sp³-hybridized carbons (Fsp3) is 0.368. The third-order valence-corrected chi connectivity index (χ3v) is 5.92. The molecule has 28 heavy (non-hydrogen) atoms. The van der Waals surface area contributed by atoms with Crippen LogP contribution in [0.25, 0.3) is 22.2 Å². The summed E-state index contributed by atoms with van der Waals surface area (Å²) in [5.41, 5.74) is 2.81. The van der Waals surface area contributed by atoms with E-state index in [9.17, 15) is 10.1 Å². The highest BCUT2D eigenvalue weighted by molar-refractivity contribution is 8.32. The lowest BCUT2D eigenvalue weighted by molar-refractivity contribution is -0.383. The lowest BCUT2D eigenvalue weighted by atomic mass is 10.1. The topological polar surface area (TPSA) is 83.1 Å². The van der Waals surface area contributed by atoms with Crippen LogP contribution in [0.15, 0.2) is 30.6 Å². The van der Waals surface area contributed by atoms with E-state index in [2.05, 4.69) is 28.7 Å². The first-order valence-electron chi connectivity index (χ1n) is 8.67. The summed E-state index contributed by atoms with van der Waals surface area (Å²) < 4.78 is 7.62. The average Bonchev–Trinajstić information content (AvgIpc) is 2.98. The van der Waals surface area contributed by atoms with E-state index >= 15 is 0 Å². The second kappa shape index (κ2) is 8.06. The van der Waals surface area contributed by atoms with Crippen LogP contribution in [-0.2, 0) is 11.5 Å². The van der Waals surface area contributed by atoms with Crippen LogP contribution in [0.1, 0.15) is 5.56 Å². The number of non-ortho nitro benzene ring substituents is 1. The lowest BCUT2D eigenvalue weighted by Crippen LogP contribution is -2.09. The van der Waals surface area contributed by atoms with Crippen molar-refractivity contribution in [1.82, 2.24) is 14.5 Å². The Morgan fingerprint density at radius 3 is 2.75 bits per heavy atom. The third kappa shape index (κ3) is 4.45. The van der Waals surface area contributed by atoms with E-state index in [0.717, 1.165) is 22.3 Å². The van der Waals surface area contributed by atoms with Crippen LogP contribution in [0.3, 0.4) is 0 Å². The van der Waals surface area contributed by atoms with E-state index in [0.29, 0.717) is 17.8 Å². The Hall–Kier alpha value is -2.16. The van der Waals surface area contributed by atoms with E-state index in [4.69, 9.17) is 16.3 Å². The number of aryl methyl sites for hydroxylation is 1. The minimum absolute atomic E-state index is 0.0339. The Morgan fingerprint density at radius 2 is 2.07 bits per heavy atom. The molecule has 0 atom stereocenters. The second-order valence-corrected chi connectivity index (χ2v) is 12.4. The van der Waals surface area contributed by atoms with Crippen molar-refractivity contribution in [3.05, 3.63) is 51.6 Å². The Bertz CT molecular complexity index is 1030. The highest BCUT2D eigenvalue weighted by atomic mass is 35.5. The van der Waals surface area contributed by atoms with Crippen LogP contribution in [0.2, 0.25) is 5.28 Å². The maximum Gasteiger partial charge on any atom is 0.293 e. The molecule has 0 N–H and O–H groups in total. The van der Waals surface area contributed by atoms with Crippen molar-refractivity contribution in [1.29, 1.82) is 0 Å². The molecule has 0 saturated heterocycles. The van der Waals surface area contributed by atoms with E-state index < -0.39 is 10.0 Å². The minimum Gasteiger partial charge on any atom is -0.360 e. The number of ether oxygens (including phenoxy) is 1. The molecule has 0 bridgehead atoms. The summed E-state index contributed by atoms with van der Waals surface area (Å²) in [6.45, 7) is 2.72. The molecule has 0 spiro atoms. The molecule has 2 heterocycles. The third-order valence-electron chi connectivity index (χ3n) is 4.34. The molecule has 2 aromatic heterocycles. The van der Waals surface area contributed by atoms with Crippen molar-refractivity contribution in [2.24, 2.45) is 0 Å². The van der Waals surface area contributed by atoms with Crippen molar-refractivity contribution in [2.45, 2.75) is 13.7 Å². The van der Waals surface area contributed by atoms with E-state index in [1.165, 1.54) is 6.07 Å². The Kier molecular flexibility index (Phi) is 5.92. The molecule has 1 aromatic carbocycles. The summed E-state index contributed by atoms with van der Waals surface area (Å²) in [4.78, 5) is 19.6. The predicted molar refractivity (Wildman–Crippen MR) is 116 cm³/mol. The number of nitro benzene ring substituents is 1. The minimum atomic E-state index is -0.665. The van der Waals surface area contributed by atoms with Crippen molar-refractivity contribution < 1.29 is 9.66 Å². The van der Waals surface area contributed by atoms with Gasteiger partial charge in [0.15, 0.2) is 0 Å². The largest absolute Gasteiger partial charge is 0.360 e. The fourth-order valence-electron chi connectivity index (χ4n) is 2.94. The van der Waals surface area contributed by atoms with E-state index in [1.807, 2.05) is 19.2 Å². The molecule has 0 fully saturated rings. The summed E-state index contributed by atoms with van der Waals surface area (Å²) >= 11 is 5.99. The number of rotatable bonds is 7. The summed E-state index contributed by atoms with van der Waals surface area (Å²) in [5, 5.41) is 12.5. The summed E-state index contributed by atoms with van der Waals surface area (Å²) in [7, 11) is -0.665. The van der Waals surface area contributed by atoms with Gasteiger partial charge in [-0.1, -0.05) is 12.1 Å². The quantitative estimate of drug-likeness (QED) is 0.240. The van der Waals surface area contributed by atoms with Crippen LogP contribution >= 0.6 is 21.6 Å². The lowest BCUT2D eigenvalue weighted by Gasteiger charge is -2.24. The number of benzene rings is 1. The molecule has 7 nitrogen and oxygen atoms in total. The van der Waals surface area contributed by atoms with Crippen LogP contribution in [0.4, 0.5) is 5.69 Å².